The number of nitrogens with one attached hydrogen (secondary N) is 1. The van der Waals surface area contributed by atoms with Crippen LogP contribution in [0.2, 0.25) is 0 Å². The second-order valence-corrected chi connectivity index (χ2v) is 15.4. The van der Waals surface area contributed by atoms with E-state index in [-0.39, 0.29) is 39.0 Å². The molecule has 3 heterocycles. The summed E-state index contributed by atoms with van der Waals surface area (Å²) in [5.74, 6) is -3.03. The number of ether oxygens (including phenoxy) is 5. The van der Waals surface area contributed by atoms with Gasteiger partial charge in [-0.05, 0) is 44.4 Å². The number of aliphatic hydroxyl groups is 2. The van der Waals surface area contributed by atoms with Crippen LogP contribution < -0.4 is 5.32 Å². The van der Waals surface area contributed by atoms with Crippen molar-refractivity contribution in [2.45, 2.75) is 94.5 Å². The Kier molecular flexibility index (Phi) is 11.1. The Morgan fingerprint density at radius 3 is 2.33 bits per heavy atom. The van der Waals surface area contributed by atoms with Gasteiger partial charge in [0, 0.05) is 24.0 Å². The van der Waals surface area contributed by atoms with Gasteiger partial charge >= 0.3 is 11.9 Å². The number of hydrogen-bond acceptors (Lipinski definition) is 12. The standard InChI is InChI=1S/C42H48N2O11/c1-40(2,3)52-33(47)18-17-31(26-46)43-39(49)41-24-32-34-35(54-42(53-34,29-13-6-4-7-14-29)30-15-8-5-9-16-30)37(41)55-44(36(41)38(48)51-32)25-28-12-10-11-27(23-28)19-21-50-22-20-45/h4-16,19,21,23,31-32,34-37,45-46H,17-18,20,22,24-26H2,1-3H3,(H,43,49)/t31-,32+,34-,35-,36-,37+,41-/m0/s1. The number of hydrogen-bond donors (Lipinski definition) is 3. The molecule has 7 atom stereocenters. The topological polar surface area (TPSA) is 162 Å². The molecule has 7 rings (SSSR count). The molecule has 1 aliphatic carbocycles. The fourth-order valence-electron chi connectivity index (χ4n) is 8.12. The highest BCUT2D eigenvalue weighted by Gasteiger charge is 2.76. The zero-order valence-corrected chi connectivity index (χ0v) is 31.2. The lowest BCUT2D eigenvalue weighted by Crippen LogP contribution is -2.70. The Balaban J connectivity index is 1.24. The fraction of sp³-hybridized carbons (Fsp3) is 0.452. The SMILES string of the molecule is CC(C)(C)OC(=O)CC[C@@H](CO)NC(=O)[C@@]12C[C@H]3OC(=O)[C@@H]1N(Cc1cccc(C=COCCO)c1)O[C@@H]2[C@H]1OC(c2ccccc2)(c2ccccc2)O[C@H]13. The zero-order chi connectivity index (χ0) is 38.8. The summed E-state index contributed by atoms with van der Waals surface area (Å²) in [6, 6.07) is 24.5. The van der Waals surface area contributed by atoms with E-state index in [1.54, 1.807) is 26.8 Å². The zero-order valence-electron chi connectivity index (χ0n) is 31.2. The van der Waals surface area contributed by atoms with E-state index in [1.165, 1.54) is 11.3 Å². The molecule has 55 heavy (non-hydrogen) atoms. The van der Waals surface area contributed by atoms with Crippen molar-refractivity contribution in [2.24, 2.45) is 5.41 Å². The first-order valence-electron chi connectivity index (χ1n) is 18.7. The predicted octanol–water partition coefficient (Wildman–Crippen LogP) is 3.75. The van der Waals surface area contributed by atoms with Crippen LogP contribution in [0.25, 0.3) is 6.08 Å². The van der Waals surface area contributed by atoms with Gasteiger partial charge in [0.25, 0.3) is 0 Å². The summed E-state index contributed by atoms with van der Waals surface area (Å²) in [7, 11) is 0. The first-order valence-corrected chi connectivity index (χ1v) is 18.7. The molecule has 3 aromatic rings. The summed E-state index contributed by atoms with van der Waals surface area (Å²) < 4.78 is 30.9. The molecule has 3 saturated heterocycles. The van der Waals surface area contributed by atoms with E-state index in [9.17, 15) is 19.5 Å². The Labute approximate surface area is 320 Å². The molecule has 0 unspecified atom stereocenters. The third-order valence-corrected chi connectivity index (χ3v) is 10.4. The Morgan fingerprint density at radius 2 is 1.67 bits per heavy atom. The minimum absolute atomic E-state index is 0.0376. The first-order chi connectivity index (χ1) is 26.5. The summed E-state index contributed by atoms with van der Waals surface area (Å²) in [5.41, 5.74) is 0.814. The molecule has 13 nitrogen and oxygen atoms in total. The van der Waals surface area contributed by atoms with Gasteiger partial charge in [0.1, 0.15) is 42.0 Å². The summed E-state index contributed by atoms with van der Waals surface area (Å²) in [4.78, 5) is 48.5. The third-order valence-electron chi connectivity index (χ3n) is 10.4. The largest absolute Gasteiger partial charge is 0.499 e. The molecule has 292 valence electrons. The van der Waals surface area contributed by atoms with E-state index in [0.29, 0.717) is 0 Å². The maximum Gasteiger partial charge on any atom is 0.327 e. The van der Waals surface area contributed by atoms with Gasteiger partial charge in [-0.2, -0.15) is 5.06 Å². The molecular formula is C42H48N2O11. The molecule has 3 aromatic carbocycles. The van der Waals surface area contributed by atoms with Crippen LogP contribution in [0, 0.1) is 5.41 Å². The lowest BCUT2D eigenvalue weighted by molar-refractivity contribution is -0.213. The van der Waals surface area contributed by atoms with Gasteiger partial charge in [0.05, 0.1) is 32.1 Å². The number of esters is 2. The van der Waals surface area contributed by atoms with Gasteiger partial charge in [0.15, 0.2) is 6.04 Å². The van der Waals surface area contributed by atoms with Crippen molar-refractivity contribution < 1.29 is 53.1 Å². The van der Waals surface area contributed by atoms with Crippen molar-refractivity contribution in [3.63, 3.8) is 0 Å². The second kappa shape index (κ2) is 15.8. The molecule has 0 aromatic heterocycles. The molecule has 13 heteroatoms. The van der Waals surface area contributed by atoms with Gasteiger partial charge in [-0.1, -0.05) is 84.9 Å². The van der Waals surface area contributed by atoms with E-state index in [4.69, 9.17) is 33.6 Å². The molecule has 1 amide bonds. The monoisotopic (exact) mass is 756 g/mol. The van der Waals surface area contributed by atoms with E-state index in [1.807, 2.05) is 84.9 Å². The Morgan fingerprint density at radius 1 is 0.982 bits per heavy atom. The fourth-order valence-corrected chi connectivity index (χ4v) is 8.12. The van der Waals surface area contributed by atoms with Crippen LogP contribution in [0.15, 0.2) is 91.2 Å². The van der Waals surface area contributed by atoms with Crippen LogP contribution in [0.5, 0.6) is 0 Å². The van der Waals surface area contributed by atoms with Crippen molar-refractivity contribution in [3.8, 4) is 0 Å². The molecule has 0 radical (unpaired) electrons. The van der Waals surface area contributed by atoms with Crippen molar-refractivity contribution >= 4 is 23.9 Å². The van der Waals surface area contributed by atoms with E-state index >= 15 is 0 Å². The summed E-state index contributed by atoms with van der Waals surface area (Å²) in [5, 5.41) is 23.9. The molecule has 1 saturated carbocycles. The number of fused-ring (bicyclic) bond motifs is 4. The number of carbonyl (C=O) groups excluding carboxylic acids is 3. The van der Waals surface area contributed by atoms with E-state index in [0.717, 1.165) is 22.3 Å². The molecule has 3 aliphatic heterocycles. The normalized spacial score (nSPS) is 27.3. The maximum absolute atomic E-state index is 14.9. The first kappa shape index (κ1) is 38.6. The predicted molar refractivity (Wildman–Crippen MR) is 197 cm³/mol. The van der Waals surface area contributed by atoms with Crippen molar-refractivity contribution in [1.82, 2.24) is 10.4 Å². The van der Waals surface area contributed by atoms with E-state index < -0.39 is 77.8 Å². The minimum atomic E-state index is -1.52. The average molecular weight is 757 g/mol. The Hall–Kier alpha value is -4.63. The molecule has 2 bridgehead atoms. The second-order valence-electron chi connectivity index (χ2n) is 15.4. The Bertz CT molecular complexity index is 1830. The number of benzene rings is 3. The maximum atomic E-state index is 14.9. The lowest BCUT2D eigenvalue weighted by Gasteiger charge is -2.49. The molecular weight excluding hydrogens is 708 g/mol. The molecule has 0 spiro atoms. The van der Waals surface area contributed by atoms with Gasteiger partial charge in [-0.15, -0.1) is 0 Å². The highest BCUT2D eigenvalue weighted by molar-refractivity contribution is 5.94. The molecule has 4 aliphatic rings. The van der Waals surface area contributed by atoms with Crippen LogP contribution in [0.1, 0.15) is 62.3 Å². The lowest BCUT2D eigenvalue weighted by atomic mass is 9.62. The quantitative estimate of drug-likeness (QED) is 0.124. The van der Waals surface area contributed by atoms with Gasteiger partial charge < -0.3 is 39.2 Å². The number of aliphatic hydroxyl groups excluding tert-OH is 2. The highest BCUT2D eigenvalue weighted by atomic mass is 16.8. The van der Waals surface area contributed by atoms with E-state index in [2.05, 4.69) is 5.32 Å². The number of hydroxylamine groups is 2. The average Bonchev–Trinajstić information content (AvgIpc) is 3.75. The minimum Gasteiger partial charge on any atom is -0.499 e. The van der Waals surface area contributed by atoms with Crippen LogP contribution in [-0.4, -0.2) is 95.0 Å². The third kappa shape index (κ3) is 7.65. The van der Waals surface area contributed by atoms with Crippen LogP contribution in [-0.2, 0) is 55.2 Å². The summed E-state index contributed by atoms with van der Waals surface area (Å²) in [6.07, 6.45) is -0.165. The molecule has 4 fully saturated rings. The van der Waals surface area contributed by atoms with Crippen LogP contribution >= 0.6 is 0 Å². The van der Waals surface area contributed by atoms with Crippen LogP contribution in [0.3, 0.4) is 0 Å². The smallest absolute Gasteiger partial charge is 0.327 e. The van der Waals surface area contributed by atoms with Crippen molar-refractivity contribution in [3.05, 3.63) is 113 Å². The summed E-state index contributed by atoms with van der Waals surface area (Å²) >= 11 is 0. The van der Waals surface area contributed by atoms with Gasteiger partial charge in [-0.3, -0.25) is 19.2 Å². The highest BCUT2D eigenvalue weighted by Crippen LogP contribution is 2.59. The number of amides is 1. The number of rotatable bonds is 14. The number of carbonyl (C=O) groups is 3. The summed E-state index contributed by atoms with van der Waals surface area (Å²) in [6.45, 7) is 5.02. The van der Waals surface area contributed by atoms with Gasteiger partial charge in [0.2, 0.25) is 11.7 Å². The van der Waals surface area contributed by atoms with Crippen molar-refractivity contribution in [2.75, 3.05) is 19.8 Å². The van der Waals surface area contributed by atoms with Gasteiger partial charge in [-0.25, -0.2) is 0 Å². The van der Waals surface area contributed by atoms with Crippen LogP contribution in [0.4, 0.5) is 0 Å². The molecule has 3 N–H and O–H groups in total. The van der Waals surface area contributed by atoms with Crippen molar-refractivity contribution in [1.29, 1.82) is 0 Å². The number of nitrogens with zero attached hydrogens (tertiary/aromatic N) is 1.